The van der Waals surface area contributed by atoms with E-state index in [0.29, 0.717) is 24.6 Å². The third-order valence-corrected chi connectivity index (χ3v) is 2.61. The smallest absolute Gasteiger partial charge is 0.261 e. The first-order valence-electron chi connectivity index (χ1n) is 5.82. The SMILES string of the molecule is COCCCNC(=O)C(C#N)=Cc1ccc(Cl)cc1. The van der Waals surface area contributed by atoms with Crippen LogP contribution >= 0.6 is 11.6 Å². The highest BCUT2D eigenvalue weighted by atomic mass is 35.5. The van der Waals surface area contributed by atoms with Crippen LogP contribution in [0.1, 0.15) is 12.0 Å². The Morgan fingerprint density at radius 2 is 2.16 bits per heavy atom. The van der Waals surface area contributed by atoms with Gasteiger partial charge < -0.3 is 10.1 Å². The van der Waals surface area contributed by atoms with Crippen molar-refractivity contribution in [1.82, 2.24) is 5.32 Å². The predicted molar refractivity (Wildman–Crippen MR) is 74.5 cm³/mol. The molecule has 0 radical (unpaired) electrons. The summed E-state index contributed by atoms with van der Waals surface area (Å²) in [6, 6.07) is 8.80. The molecule has 5 heteroatoms. The highest BCUT2D eigenvalue weighted by molar-refractivity contribution is 6.30. The molecule has 4 nitrogen and oxygen atoms in total. The molecule has 0 atom stereocenters. The van der Waals surface area contributed by atoms with Crippen molar-refractivity contribution < 1.29 is 9.53 Å². The van der Waals surface area contributed by atoms with Gasteiger partial charge in [-0.3, -0.25) is 4.79 Å². The van der Waals surface area contributed by atoms with Crippen molar-refractivity contribution in [2.75, 3.05) is 20.3 Å². The zero-order valence-corrected chi connectivity index (χ0v) is 11.4. The van der Waals surface area contributed by atoms with Crippen LogP contribution in [0, 0.1) is 11.3 Å². The van der Waals surface area contributed by atoms with E-state index in [0.717, 1.165) is 5.56 Å². The van der Waals surface area contributed by atoms with Crippen molar-refractivity contribution >= 4 is 23.6 Å². The molecule has 0 aliphatic rings. The van der Waals surface area contributed by atoms with E-state index in [9.17, 15) is 4.79 Å². The molecule has 0 aromatic heterocycles. The number of nitrogens with zero attached hydrogens (tertiary/aromatic N) is 1. The molecule has 1 rings (SSSR count). The highest BCUT2D eigenvalue weighted by Gasteiger charge is 2.07. The molecular formula is C14H15ClN2O2. The van der Waals surface area contributed by atoms with E-state index in [-0.39, 0.29) is 11.5 Å². The van der Waals surface area contributed by atoms with Crippen LogP contribution in [0.15, 0.2) is 29.8 Å². The maximum absolute atomic E-state index is 11.7. The number of hydrogen-bond donors (Lipinski definition) is 1. The number of halogens is 1. The van der Waals surface area contributed by atoms with E-state index >= 15 is 0 Å². The summed E-state index contributed by atoms with van der Waals surface area (Å²) in [4.78, 5) is 11.7. The lowest BCUT2D eigenvalue weighted by atomic mass is 10.1. The first-order chi connectivity index (χ1) is 9.17. The number of carbonyl (C=O) groups excluding carboxylic acids is 1. The Bertz CT molecular complexity index is 489. The van der Waals surface area contributed by atoms with Crippen molar-refractivity contribution in [3.8, 4) is 6.07 Å². The molecule has 0 aliphatic heterocycles. The summed E-state index contributed by atoms with van der Waals surface area (Å²) in [5, 5.41) is 12.3. The molecule has 1 aromatic carbocycles. The van der Waals surface area contributed by atoms with Crippen LogP contribution in [-0.4, -0.2) is 26.2 Å². The van der Waals surface area contributed by atoms with Gasteiger partial charge in [-0.2, -0.15) is 5.26 Å². The molecule has 1 amide bonds. The number of nitriles is 1. The largest absolute Gasteiger partial charge is 0.385 e. The number of amides is 1. The van der Waals surface area contributed by atoms with Crippen molar-refractivity contribution in [3.63, 3.8) is 0 Å². The second-order valence-corrected chi connectivity index (χ2v) is 4.26. The standard InChI is InChI=1S/C14H15ClN2O2/c1-19-8-2-7-17-14(18)12(10-16)9-11-3-5-13(15)6-4-11/h3-6,9H,2,7-8H2,1H3,(H,17,18). The fourth-order valence-corrected chi connectivity index (χ4v) is 1.51. The molecule has 0 fully saturated rings. The van der Waals surface area contributed by atoms with Crippen molar-refractivity contribution in [3.05, 3.63) is 40.4 Å². The van der Waals surface area contributed by atoms with Gasteiger partial charge in [-0.25, -0.2) is 0 Å². The maximum Gasteiger partial charge on any atom is 0.261 e. The summed E-state index contributed by atoms with van der Waals surface area (Å²) in [6.45, 7) is 1.05. The molecule has 1 aromatic rings. The molecule has 0 unspecified atom stereocenters. The second-order valence-electron chi connectivity index (χ2n) is 3.82. The van der Waals surface area contributed by atoms with Crippen LogP contribution < -0.4 is 5.32 Å². The summed E-state index contributed by atoms with van der Waals surface area (Å²) in [5.41, 5.74) is 0.827. The van der Waals surface area contributed by atoms with Crippen LogP contribution in [0.25, 0.3) is 6.08 Å². The molecule has 100 valence electrons. The van der Waals surface area contributed by atoms with Gasteiger partial charge >= 0.3 is 0 Å². The molecule has 0 bridgehead atoms. The number of benzene rings is 1. The number of ether oxygens (including phenoxy) is 1. The third-order valence-electron chi connectivity index (χ3n) is 2.36. The fourth-order valence-electron chi connectivity index (χ4n) is 1.39. The van der Waals surface area contributed by atoms with Gasteiger partial charge in [0.2, 0.25) is 0 Å². The number of carbonyl (C=O) groups is 1. The summed E-state index contributed by atoms with van der Waals surface area (Å²) >= 11 is 5.77. The molecule has 0 saturated carbocycles. The third kappa shape index (κ3) is 5.56. The van der Waals surface area contributed by atoms with E-state index in [4.69, 9.17) is 21.6 Å². The Morgan fingerprint density at radius 1 is 1.47 bits per heavy atom. The average Bonchev–Trinajstić information content (AvgIpc) is 2.42. The summed E-state index contributed by atoms with van der Waals surface area (Å²) in [5.74, 6) is -0.381. The van der Waals surface area contributed by atoms with Gasteiger partial charge in [0.15, 0.2) is 0 Å². The Labute approximate surface area is 117 Å². The van der Waals surface area contributed by atoms with E-state index in [1.54, 1.807) is 31.4 Å². The van der Waals surface area contributed by atoms with Gasteiger partial charge in [-0.15, -0.1) is 0 Å². The zero-order valence-electron chi connectivity index (χ0n) is 10.6. The van der Waals surface area contributed by atoms with Crippen molar-refractivity contribution in [2.45, 2.75) is 6.42 Å². The first-order valence-corrected chi connectivity index (χ1v) is 6.19. The summed E-state index contributed by atoms with van der Waals surface area (Å²) in [7, 11) is 1.60. The predicted octanol–water partition coefficient (Wildman–Crippen LogP) is 2.40. The number of rotatable bonds is 6. The minimum absolute atomic E-state index is 0.0692. The Hall–Kier alpha value is -1.83. The van der Waals surface area contributed by atoms with E-state index in [2.05, 4.69) is 5.32 Å². The topological polar surface area (TPSA) is 62.1 Å². The molecule has 1 N–H and O–H groups in total. The number of nitrogens with one attached hydrogen (secondary N) is 1. The molecule has 0 spiro atoms. The monoisotopic (exact) mass is 278 g/mol. The first kappa shape index (κ1) is 15.2. The van der Waals surface area contributed by atoms with Gasteiger partial charge in [0.05, 0.1) is 0 Å². The van der Waals surface area contributed by atoms with Crippen LogP contribution in [-0.2, 0) is 9.53 Å². The van der Waals surface area contributed by atoms with Crippen LogP contribution in [0.3, 0.4) is 0 Å². The Balaban J connectivity index is 2.64. The molecule has 0 saturated heterocycles. The minimum Gasteiger partial charge on any atom is -0.385 e. The van der Waals surface area contributed by atoms with E-state index in [1.807, 2.05) is 6.07 Å². The lowest BCUT2D eigenvalue weighted by Gasteiger charge is -2.03. The fraction of sp³-hybridized carbons (Fsp3) is 0.286. The van der Waals surface area contributed by atoms with Crippen molar-refractivity contribution in [2.24, 2.45) is 0 Å². The van der Waals surface area contributed by atoms with Gasteiger partial charge in [0.1, 0.15) is 11.6 Å². The van der Waals surface area contributed by atoms with Crippen LogP contribution in [0.2, 0.25) is 5.02 Å². The molecule has 0 heterocycles. The van der Waals surface area contributed by atoms with Gasteiger partial charge in [0.25, 0.3) is 5.91 Å². The normalized spacial score (nSPS) is 10.9. The molecule has 19 heavy (non-hydrogen) atoms. The van der Waals surface area contributed by atoms with Crippen LogP contribution in [0.4, 0.5) is 0 Å². The summed E-state index contributed by atoms with van der Waals surface area (Å²) < 4.78 is 4.87. The van der Waals surface area contributed by atoms with Gasteiger partial charge in [-0.05, 0) is 30.2 Å². The van der Waals surface area contributed by atoms with E-state index < -0.39 is 0 Å². The number of methoxy groups -OCH3 is 1. The lowest BCUT2D eigenvalue weighted by molar-refractivity contribution is -0.117. The summed E-state index contributed by atoms with van der Waals surface area (Å²) in [6.07, 6.45) is 2.24. The minimum atomic E-state index is -0.381. The Kier molecular flexibility index (Phi) is 6.65. The van der Waals surface area contributed by atoms with Gasteiger partial charge in [-0.1, -0.05) is 23.7 Å². The van der Waals surface area contributed by atoms with E-state index in [1.165, 1.54) is 6.08 Å². The van der Waals surface area contributed by atoms with Gasteiger partial charge in [0, 0.05) is 25.3 Å². The quantitative estimate of drug-likeness (QED) is 0.494. The van der Waals surface area contributed by atoms with Crippen LogP contribution in [0.5, 0.6) is 0 Å². The maximum atomic E-state index is 11.7. The molecular weight excluding hydrogens is 264 g/mol. The van der Waals surface area contributed by atoms with Crippen molar-refractivity contribution in [1.29, 1.82) is 5.26 Å². The second kappa shape index (κ2) is 8.30. The lowest BCUT2D eigenvalue weighted by Crippen LogP contribution is -2.26. The Morgan fingerprint density at radius 3 is 2.74 bits per heavy atom. The average molecular weight is 279 g/mol. The zero-order chi connectivity index (χ0) is 14.1. The highest BCUT2D eigenvalue weighted by Crippen LogP contribution is 2.12. The number of hydrogen-bond acceptors (Lipinski definition) is 3. The molecule has 0 aliphatic carbocycles.